The van der Waals surface area contributed by atoms with Gasteiger partial charge in [0.25, 0.3) is 0 Å². The monoisotopic (exact) mass is 331 g/mol. The molecule has 1 aliphatic carbocycles. The molecule has 1 heterocycles. The van der Waals surface area contributed by atoms with Crippen LogP contribution in [0.15, 0.2) is 54.1 Å². The van der Waals surface area contributed by atoms with Crippen LogP contribution in [-0.2, 0) is 14.4 Å². The fourth-order valence-corrected chi connectivity index (χ4v) is 4.00. The van der Waals surface area contributed by atoms with Crippen LogP contribution in [0.2, 0.25) is 0 Å². The number of ether oxygens (including phenoxy) is 1. The van der Waals surface area contributed by atoms with Crippen molar-refractivity contribution in [2.75, 3.05) is 20.3 Å². The molecule has 2 aliphatic rings. The van der Waals surface area contributed by atoms with Crippen molar-refractivity contribution in [2.45, 2.75) is 24.3 Å². The molecule has 1 aromatic rings. The molecule has 0 radical (unpaired) electrons. The van der Waals surface area contributed by atoms with Crippen molar-refractivity contribution in [1.82, 2.24) is 4.90 Å². The maximum atomic E-state index is 13.2. The first-order valence-corrected chi connectivity index (χ1v) is 8.38. The van der Waals surface area contributed by atoms with Gasteiger partial charge in [0.15, 0.2) is 4.87 Å². The minimum atomic E-state index is -1.02. The van der Waals surface area contributed by atoms with E-state index in [1.165, 1.54) is 5.57 Å². The number of nitrogens with zero attached hydrogens (tertiary/aromatic N) is 1. The Balaban J connectivity index is 1.98. The Morgan fingerprint density at radius 2 is 2.04 bits per heavy atom. The molecule has 0 aromatic heterocycles. The van der Waals surface area contributed by atoms with Gasteiger partial charge in [-0.2, -0.15) is 0 Å². The van der Waals surface area contributed by atoms with E-state index < -0.39 is 4.87 Å². The summed E-state index contributed by atoms with van der Waals surface area (Å²) in [4.78, 5) is 14.1. The zero-order valence-electron chi connectivity index (χ0n) is 13.5. The minimum absolute atomic E-state index is 0.00734. The van der Waals surface area contributed by atoms with Crippen molar-refractivity contribution in [3.8, 4) is 0 Å². The Morgan fingerprint density at radius 1 is 1.30 bits per heavy atom. The van der Waals surface area contributed by atoms with E-state index in [2.05, 4.69) is 25.2 Å². The van der Waals surface area contributed by atoms with Crippen LogP contribution in [0.1, 0.15) is 18.9 Å². The van der Waals surface area contributed by atoms with Crippen LogP contribution in [-0.4, -0.2) is 37.1 Å². The van der Waals surface area contributed by atoms with Gasteiger partial charge in [-0.25, -0.2) is 0 Å². The summed E-state index contributed by atoms with van der Waals surface area (Å²) in [5, 5.41) is 0. The van der Waals surface area contributed by atoms with E-state index in [0.29, 0.717) is 13.2 Å². The lowest BCUT2D eigenvalue weighted by Crippen LogP contribution is -2.37. The Hall–Kier alpha value is -1.58. The summed E-state index contributed by atoms with van der Waals surface area (Å²) in [6, 6.07) is 9.71. The van der Waals surface area contributed by atoms with Gasteiger partial charge in [0.2, 0.25) is 5.91 Å². The van der Waals surface area contributed by atoms with Crippen LogP contribution < -0.4 is 0 Å². The van der Waals surface area contributed by atoms with E-state index in [-0.39, 0.29) is 17.9 Å². The number of benzene rings is 1. The summed E-state index contributed by atoms with van der Waals surface area (Å²) in [6.45, 7) is 3.36. The number of methoxy groups -OCH3 is 1. The molecule has 3 atom stereocenters. The predicted octanol–water partition coefficient (Wildman–Crippen LogP) is 3.50. The highest BCUT2D eigenvalue weighted by Crippen LogP contribution is 2.49. The van der Waals surface area contributed by atoms with Crippen molar-refractivity contribution in [3.63, 3.8) is 0 Å². The molecule has 3 rings (SSSR count). The Morgan fingerprint density at radius 3 is 2.74 bits per heavy atom. The van der Waals surface area contributed by atoms with Gasteiger partial charge in [0, 0.05) is 26.2 Å². The van der Waals surface area contributed by atoms with E-state index in [0.717, 1.165) is 12.0 Å². The minimum Gasteiger partial charge on any atom is -0.385 e. The number of hydrogen-bond donors (Lipinski definition) is 0. The van der Waals surface area contributed by atoms with E-state index in [9.17, 15) is 4.79 Å². The standard InChI is InChI=1S/C19H22ClNO2/c1-14-9-10-16-17(13-14)21(11-6-12-23-2)18(22)19(16,20)15-7-4-3-5-8-15/h3-5,7-10,13,16-17H,6,11-12H2,1-2H3. The van der Waals surface area contributed by atoms with Gasteiger partial charge in [-0.05, 0) is 18.9 Å². The first-order chi connectivity index (χ1) is 11.1. The number of carbonyl (C=O) groups excluding carboxylic acids is 1. The summed E-state index contributed by atoms with van der Waals surface area (Å²) < 4.78 is 5.13. The largest absolute Gasteiger partial charge is 0.385 e. The summed E-state index contributed by atoms with van der Waals surface area (Å²) in [5.74, 6) is -0.0580. The Labute approximate surface area is 142 Å². The van der Waals surface area contributed by atoms with Crippen LogP contribution in [0.4, 0.5) is 0 Å². The fraction of sp³-hybridized carbons (Fsp3) is 0.421. The van der Waals surface area contributed by atoms with Crippen molar-refractivity contribution in [2.24, 2.45) is 5.92 Å². The predicted molar refractivity (Wildman–Crippen MR) is 92.4 cm³/mol. The summed E-state index contributed by atoms with van der Waals surface area (Å²) >= 11 is 6.97. The van der Waals surface area contributed by atoms with E-state index >= 15 is 0 Å². The molecule has 3 unspecified atom stereocenters. The highest BCUT2D eigenvalue weighted by molar-refractivity contribution is 6.36. The van der Waals surface area contributed by atoms with Gasteiger partial charge in [0.05, 0.1) is 6.04 Å². The quantitative estimate of drug-likeness (QED) is 0.610. The second-order valence-corrected chi connectivity index (χ2v) is 6.81. The highest BCUT2D eigenvalue weighted by atomic mass is 35.5. The van der Waals surface area contributed by atoms with Crippen LogP contribution in [0.3, 0.4) is 0 Å². The van der Waals surface area contributed by atoms with Crippen LogP contribution in [0.5, 0.6) is 0 Å². The number of rotatable bonds is 5. The first kappa shape index (κ1) is 16.3. The van der Waals surface area contributed by atoms with Crippen molar-refractivity contribution in [3.05, 3.63) is 59.7 Å². The Bertz CT molecular complexity index is 640. The average Bonchev–Trinajstić information content (AvgIpc) is 2.78. The third-order valence-corrected chi connectivity index (χ3v) is 5.33. The number of allylic oxidation sites excluding steroid dienone is 2. The van der Waals surface area contributed by atoms with Gasteiger partial charge in [0.1, 0.15) is 0 Å². The summed E-state index contributed by atoms with van der Waals surface area (Å²) in [6.07, 6.45) is 7.12. The number of carbonyl (C=O) groups is 1. The lowest BCUT2D eigenvalue weighted by molar-refractivity contribution is -0.131. The number of amides is 1. The van der Waals surface area contributed by atoms with E-state index in [1.807, 2.05) is 35.2 Å². The molecule has 0 N–H and O–H groups in total. The molecule has 1 fully saturated rings. The first-order valence-electron chi connectivity index (χ1n) is 8.00. The molecule has 0 saturated carbocycles. The molecule has 0 spiro atoms. The van der Waals surface area contributed by atoms with Gasteiger partial charge >= 0.3 is 0 Å². The highest BCUT2D eigenvalue weighted by Gasteiger charge is 2.57. The third-order valence-electron chi connectivity index (χ3n) is 4.70. The average molecular weight is 332 g/mol. The smallest absolute Gasteiger partial charge is 0.249 e. The van der Waals surface area contributed by atoms with Gasteiger partial charge < -0.3 is 9.64 Å². The number of likely N-dealkylation sites (tertiary alicyclic amines) is 1. The molecule has 4 heteroatoms. The molecule has 122 valence electrons. The summed E-state index contributed by atoms with van der Waals surface area (Å²) in [7, 11) is 1.68. The fourth-order valence-electron chi connectivity index (χ4n) is 3.56. The maximum absolute atomic E-state index is 13.2. The number of alkyl halides is 1. The van der Waals surface area contributed by atoms with Crippen molar-refractivity contribution in [1.29, 1.82) is 0 Å². The molecule has 1 aromatic carbocycles. The zero-order valence-corrected chi connectivity index (χ0v) is 14.3. The molecular weight excluding hydrogens is 310 g/mol. The lowest BCUT2D eigenvalue weighted by Gasteiger charge is -2.28. The van der Waals surface area contributed by atoms with E-state index in [1.54, 1.807) is 7.11 Å². The Kier molecular flexibility index (Phi) is 4.60. The number of hydrogen-bond acceptors (Lipinski definition) is 2. The van der Waals surface area contributed by atoms with Crippen LogP contribution in [0.25, 0.3) is 0 Å². The van der Waals surface area contributed by atoms with E-state index in [4.69, 9.17) is 16.3 Å². The lowest BCUT2D eigenvalue weighted by atomic mass is 9.81. The number of halogens is 1. The zero-order chi connectivity index (χ0) is 16.4. The molecule has 1 aliphatic heterocycles. The molecule has 0 bridgehead atoms. The second kappa shape index (κ2) is 6.50. The SMILES string of the molecule is COCCCN1C(=O)C(Cl)(c2ccccc2)C2C=CC(C)=CC21. The third kappa shape index (κ3) is 2.73. The maximum Gasteiger partial charge on any atom is 0.249 e. The molecular formula is C19H22ClNO2. The normalized spacial score (nSPS) is 29.6. The summed E-state index contributed by atoms with van der Waals surface area (Å²) in [5.41, 5.74) is 2.04. The molecule has 1 amide bonds. The van der Waals surface area contributed by atoms with Crippen molar-refractivity contribution >= 4 is 17.5 Å². The molecule has 23 heavy (non-hydrogen) atoms. The van der Waals surface area contributed by atoms with Crippen LogP contribution >= 0.6 is 11.6 Å². The number of fused-ring (bicyclic) bond motifs is 1. The topological polar surface area (TPSA) is 29.5 Å². The van der Waals surface area contributed by atoms with Gasteiger partial charge in [-0.3, -0.25) is 4.79 Å². The van der Waals surface area contributed by atoms with Gasteiger partial charge in [-0.1, -0.05) is 54.1 Å². The molecule has 3 nitrogen and oxygen atoms in total. The molecule has 1 saturated heterocycles. The van der Waals surface area contributed by atoms with Gasteiger partial charge in [-0.15, -0.1) is 11.6 Å². The van der Waals surface area contributed by atoms with Crippen LogP contribution in [0, 0.1) is 5.92 Å². The van der Waals surface area contributed by atoms with Crippen molar-refractivity contribution < 1.29 is 9.53 Å². The second-order valence-electron chi connectivity index (χ2n) is 6.21.